The smallest absolute Gasteiger partial charge is 0.276 e. The molecule has 0 atom stereocenters. The third-order valence-electron chi connectivity index (χ3n) is 4.24. The van der Waals surface area contributed by atoms with Gasteiger partial charge >= 0.3 is 0 Å². The fraction of sp³-hybridized carbons (Fsp3) is 0.0476. The molecule has 11 nitrogen and oxygen atoms in total. The van der Waals surface area contributed by atoms with Crippen LogP contribution in [0.2, 0.25) is 0 Å². The molecular formula is C21H17FN4O7S. The number of non-ortho nitro benzene ring substituents is 1. The summed E-state index contributed by atoms with van der Waals surface area (Å²) in [5.74, 6) is -1.53. The molecule has 0 aromatic heterocycles. The first kappa shape index (κ1) is 24.1. The number of benzene rings is 3. The number of carbonyl (C=O) groups is 2. The number of nitrogens with one attached hydrogen (secondary N) is 3. The molecule has 0 fully saturated rings. The molecule has 0 aliphatic rings. The summed E-state index contributed by atoms with van der Waals surface area (Å²) in [5, 5.41) is 10.9. The lowest BCUT2D eigenvalue weighted by atomic mass is 10.2. The van der Waals surface area contributed by atoms with Gasteiger partial charge in [-0.3, -0.25) is 35.3 Å². The summed E-state index contributed by atoms with van der Waals surface area (Å²) in [5.41, 5.74) is 4.17. The van der Waals surface area contributed by atoms with Gasteiger partial charge in [0.25, 0.3) is 27.5 Å². The number of amides is 2. The fourth-order valence-corrected chi connectivity index (χ4v) is 3.68. The molecule has 0 spiro atoms. The highest BCUT2D eigenvalue weighted by Crippen LogP contribution is 2.20. The molecule has 0 aliphatic carbocycles. The van der Waals surface area contributed by atoms with E-state index in [2.05, 4.69) is 15.6 Å². The summed E-state index contributed by atoms with van der Waals surface area (Å²) in [6.07, 6.45) is 0. The SMILES string of the molecule is O=C(COc1ccc(F)cc1)NNC(=O)c1ccc(NS(=O)(=O)c2cccc([N+](=O)[O-])c2)cc1. The third-order valence-corrected chi connectivity index (χ3v) is 5.62. The molecule has 0 radical (unpaired) electrons. The van der Waals surface area contributed by atoms with E-state index in [9.17, 15) is 32.5 Å². The Balaban J connectivity index is 1.53. The van der Waals surface area contributed by atoms with Crippen molar-refractivity contribution in [3.05, 3.63) is 94.3 Å². The van der Waals surface area contributed by atoms with Gasteiger partial charge in [-0.05, 0) is 54.6 Å². The minimum absolute atomic E-state index is 0.109. The number of ether oxygens (including phenoxy) is 1. The van der Waals surface area contributed by atoms with Crippen LogP contribution in [0.3, 0.4) is 0 Å². The molecule has 34 heavy (non-hydrogen) atoms. The maximum absolute atomic E-state index is 12.8. The summed E-state index contributed by atoms with van der Waals surface area (Å²) < 4.78 is 45.2. The Labute approximate surface area is 192 Å². The number of nitro benzene ring substituents is 1. The van der Waals surface area contributed by atoms with Gasteiger partial charge < -0.3 is 4.74 Å². The molecule has 2 amide bonds. The summed E-state index contributed by atoms with van der Waals surface area (Å²) in [6.45, 7) is -0.426. The maximum Gasteiger partial charge on any atom is 0.276 e. The first-order valence-corrected chi connectivity index (χ1v) is 11.0. The highest BCUT2D eigenvalue weighted by molar-refractivity contribution is 7.92. The summed E-state index contributed by atoms with van der Waals surface area (Å²) in [7, 11) is -4.10. The number of halogens is 1. The van der Waals surface area contributed by atoms with E-state index in [1.54, 1.807) is 0 Å². The van der Waals surface area contributed by atoms with Gasteiger partial charge in [0.1, 0.15) is 11.6 Å². The second kappa shape index (κ2) is 10.4. The molecule has 0 unspecified atom stereocenters. The van der Waals surface area contributed by atoms with E-state index in [1.165, 1.54) is 66.7 Å². The van der Waals surface area contributed by atoms with E-state index >= 15 is 0 Å². The first-order chi connectivity index (χ1) is 16.1. The Kier molecular flexibility index (Phi) is 7.38. The van der Waals surface area contributed by atoms with Crippen molar-refractivity contribution in [2.75, 3.05) is 11.3 Å². The second-order valence-corrected chi connectivity index (χ2v) is 8.36. The number of rotatable bonds is 8. The zero-order valence-electron chi connectivity index (χ0n) is 17.2. The lowest BCUT2D eigenvalue weighted by Gasteiger charge is -2.10. The number of hydrogen-bond donors (Lipinski definition) is 3. The van der Waals surface area contributed by atoms with Gasteiger partial charge in [-0.2, -0.15) is 0 Å². The van der Waals surface area contributed by atoms with Crippen LogP contribution in [0.15, 0.2) is 77.7 Å². The first-order valence-electron chi connectivity index (χ1n) is 9.49. The van der Waals surface area contributed by atoms with Gasteiger partial charge in [-0.15, -0.1) is 0 Å². The quantitative estimate of drug-likeness (QED) is 0.324. The highest BCUT2D eigenvalue weighted by Gasteiger charge is 2.18. The standard InChI is InChI=1S/C21H17FN4O7S/c22-15-6-10-18(11-7-15)33-13-20(27)23-24-21(28)14-4-8-16(9-5-14)25-34(31,32)19-3-1-2-17(12-19)26(29)30/h1-12,25H,13H2,(H,23,27)(H,24,28). The number of sulfonamides is 1. The highest BCUT2D eigenvalue weighted by atomic mass is 32.2. The molecule has 0 aliphatic heterocycles. The minimum Gasteiger partial charge on any atom is -0.484 e. The number of anilines is 1. The Morgan fingerprint density at radius 2 is 1.65 bits per heavy atom. The molecule has 3 aromatic carbocycles. The van der Waals surface area contributed by atoms with Gasteiger partial charge in [0.05, 0.1) is 9.82 Å². The number of carbonyl (C=O) groups excluding carboxylic acids is 2. The van der Waals surface area contributed by atoms with Gasteiger partial charge in [-0.1, -0.05) is 6.07 Å². The Hall–Kier alpha value is -4.52. The minimum atomic E-state index is -4.10. The monoisotopic (exact) mass is 488 g/mol. The lowest BCUT2D eigenvalue weighted by molar-refractivity contribution is -0.385. The molecule has 3 aromatic rings. The van der Waals surface area contributed by atoms with Crippen molar-refractivity contribution in [2.24, 2.45) is 0 Å². The van der Waals surface area contributed by atoms with Crippen molar-refractivity contribution in [3.63, 3.8) is 0 Å². The van der Waals surface area contributed by atoms with Crippen molar-refractivity contribution in [3.8, 4) is 5.75 Å². The molecular weight excluding hydrogens is 471 g/mol. The third kappa shape index (κ3) is 6.49. The van der Waals surface area contributed by atoms with Gasteiger partial charge in [0.15, 0.2) is 6.61 Å². The zero-order valence-corrected chi connectivity index (χ0v) is 18.0. The van der Waals surface area contributed by atoms with Crippen molar-refractivity contribution in [2.45, 2.75) is 4.90 Å². The summed E-state index contributed by atoms with van der Waals surface area (Å²) in [4.78, 5) is 33.8. The molecule has 176 valence electrons. The normalized spacial score (nSPS) is 10.7. The average Bonchev–Trinajstić information content (AvgIpc) is 2.82. The molecule has 3 rings (SSSR count). The Bertz CT molecular complexity index is 1310. The van der Waals surface area contributed by atoms with Crippen LogP contribution in [-0.4, -0.2) is 31.8 Å². The van der Waals surface area contributed by atoms with Crippen LogP contribution < -0.4 is 20.3 Å². The molecule has 13 heteroatoms. The van der Waals surface area contributed by atoms with E-state index in [0.717, 1.165) is 6.07 Å². The van der Waals surface area contributed by atoms with E-state index < -0.39 is 39.2 Å². The topological polar surface area (TPSA) is 157 Å². The number of hydrogen-bond acceptors (Lipinski definition) is 7. The van der Waals surface area contributed by atoms with Crippen LogP contribution in [0.1, 0.15) is 10.4 Å². The van der Waals surface area contributed by atoms with Crippen molar-refractivity contribution in [1.82, 2.24) is 10.9 Å². The van der Waals surface area contributed by atoms with Gasteiger partial charge in [0, 0.05) is 23.4 Å². The van der Waals surface area contributed by atoms with Crippen LogP contribution in [0.25, 0.3) is 0 Å². The van der Waals surface area contributed by atoms with E-state index in [4.69, 9.17) is 4.74 Å². The largest absolute Gasteiger partial charge is 0.484 e. The van der Waals surface area contributed by atoms with Crippen molar-refractivity contribution in [1.29, 1.82) is 0 Å². The molecule has 3 N–H and O–H groups in total. The van der Waals surface area contributed by atoms with E-state index in [1.807, 2.05) is 0 Å². The number of nitrogens with zero attached hydrogens (tertiary/aromatic N) is 1. The van der Waals surface area contributed by atoms with Crippen LogP contribution >= 0.6 is 0 Å². The van der Waals surface area contributed by atoms with Gasteiger partial charge in [0.2, 0.25) is 0 Å². The predicted molar refractivity (Wildman–Crippen MR) is 118 cm³/mol. The van der Waals surface area contributed by atoms with E-state index in [-0.39, 0.29) is 27.6 Å². The van der Waals surface area contributed by atoms with Gasteiger partial charge in [-0.25, -0.2) is 12.8 Å². The molecule has 0 bridgehead atoms. The van der Waals surface area contributed by atoms with Crippen molar-refractivity contribution < 1.29 is 32.1 Å². The Morgan fingerprint density at radius 3 is 2.29 bits per heavy atom. The zero-order chi connectivity index (χ0) is 24.7. The maximum atomic E-state index is 12.8. The van der Waals surface area contributed by atoms with Crippen LogP contribution in [0.5, 0.6) is 5.75 Å². The van der Waals surface area contributed by atoms with E-state index in [0.29, 0.717) is 0 Å². The van der Waals surface area contributed by atoms with Crippen LogP contribution in [0.4, 0.5) is 15.8 Å². The van der Waals surface area contributed by atoms with Crippen molar-refractivity contribution >= 4 is 33.2 Å². The molecule has 0 saturated carbocycles. The molecule has 0 heterocycles. The van der Waals surface area contributed by atoms with Crippen LogP contribution in [0, 0.1) is 15.9 Å². The average molecular weight is 488 g/mol. The number of hydrazine groups is 1. The number of nitro groups is 1. The predicted octanol–water partition coefficient (Wildman–Crippen LogP) is 2.37. The summed E-state index contributed by atoms with van der Waals surface area (Å²) >= 11 is 0. The second-order valence-electron chi connectivity index (χ2n) is 6.68. The summed E-state index contributed by atoms with van der Waals surface area (Å²) in [6, 6.07) is 14.8. The lowest BCUT2D eigenvalue weighted by Crippen LogP contribution is -2.43. The molecule has 0 saturated heterocycles. The fourth-order valence-electron chi connectivity index (χ4n) is 2.58. The Morgan fingerprint density at radius 1 is 0.971 bits per heavy atom. The van der Waals surface area contributed by atoms with Crippen LogP contribution in [-0.2, 0) is 14.8 Å².